The molecule has 1 saturated heterocycles. The van der Waals surface area contributed by atoms with Crippen LogP contribution in [0.4, 0.5) is 18.9 Å². The van der Waals surface area contributed by atoms with E-state index in [-0.39, 0.29) is 6.61 Å². The van der Waals surface area contributed by atoms with Crippen LogP contribution < -0.4 is 9.75 Å². The van der Waals surface area contributed by atoms with Crippen LogP contribution in [0.5, 0.6) is 5.75 Å². The SMILES string of the molecule is Cc1nc2cc(OC[C@H](O)CN3CCN(N(C=O)c4ccc(C(F)(F)F)cc4)CC3)ccc2s1. The molecular weight excluding hydrogens is 469 g/mol. The number of aromatic nitrogens is 1. The van der Waals surface area contributed by atoms with Crippen molar-refractivity contribution in [2.24, 2.45) is 0 Å². The number of carbonyl (C=O) groups is 1. The minimum Gasteiger partial charge on any atom is -0.491 e. The molecule has 0 saturated carbocycles. The third-order valence-electron chi connectivity index (χ3n) is 5.59. The smallest absolute Gasteiger partial charge is 0.416 e. The van der Waals surface area contributed by atoms with Crippen molar-refractivity contribution in [3.05, 3.63) is 53.0 Å². The second-order valence-electron chi connectivity index (χ2n) is 8.08. The average molecular weight is 495 g/mol. The number of hydrogen-bond donors (Lipinski definition) is 1. The number of aliphatic hydroxyl groups is 1. The summed E-state index contributed by atoms with van der Waals surface area (Å²) in [5.41, 5.74) is 0.486. The van der Waals surface area contributed by atoms with E-state index in [1.807, 2.05) is 25.1 Å². The Morgan fingerprint density at radius 2 is 1.88 bits per heavy atom. The van der Waals surface area contributed by atoms with Crippen LogP contribution in [-0.2, 0) is 11.0 Å². The number of fused-ring (bicyclic) bond motifs is 1. The van der Waals surface area contributed by atoms with Gasteiger partial charge in [-0.3, -0.25) is 9.69 Å². The van der Waals surface area contributed by atoms with E-state index in [0.29, 0.717) is 50.6 Å². The Morgan fingerprint density at radius 1 is 1.18 bits per heavy atom. The van der Waals surface area contributed by atoms with Crippen LogP contribution in [0.1, 0.15) is 10.6 Å². The fourth-order valence-corrected chi connectivity index (χ4v) is 4.69. The Morgan fingerprint density at radius 3 is 2.53 bits per heavy atom. The number of hydrazine groups is 1. The summed E-state index contributed by atoms with van der Waals surface area (Å²) in [4.78, 5) is 18.1. The number of halogens is 3. The second kappa shape index (κ2) is 10.3. The van der Waals surface area contributed by atoms with Gasteiger partial charge < -0.3 is 9.84 Å². The molecule has 7 nitrogen and oxygen atoms in total. The highest BCUT2D eigenvalue weighted by Gasteiger charge is 2.31. The number of aliphatic hydroxyl groups excluding tert-OH is 1. The Kier molecular flexibility index (Phi) is 7.36. The fourth-order valence-electron chi connectivity index (χ4n) is 3.88. The third-order valence-corrected chi connectivity index (χ3v) is 6.54. The summed E-state index contributed by atoms with van der Waals surface area (Å²) in [5.74, 6) is 0.653. The number of benzene rings is 2. The number of hydrogen-bond acceptors (Lipinski definition) is 7. The van der Waals surface area contributed by atoms with Gasteiger partial charge in [0.2, 0.25) is 6.41 Å². The van der Waals surface area contributed by atoms with Gasteiger partial charge in [0.05, 0.1) is 26.5 Å². The Balaban J connectivity index is 1.25. The molecule has 1 atom stereocenters. The molecule has 1 N–H and O–H groups in total. The van der Waals surface area contributed by atoms with Crippen molar-refractivity contribution in [1.29, 1.82) is 0 Å². The van der Waals surface area contributed by atoms with Gasteiger partial charge in [0.1, 0.15) is 18.5 Å². The number of nitrogens with zero attached hydrogens (tertiary/aromatic N) is 4. The lowest BCUT2D eigenvalue weighted by Crippen LogP contribution is -2.55. The molecule has 2 aromatic carbocycles. The zero-order valence-corrected chi connectivity index (χ0v) is 19.3. The number of anilines is 1. The Hall–Kier alpha value is -2.73. The molecule has 34 heavy (non-hydrogen) atoms. The van der Waals surface area contributed by atoms with E-state index >= 15 is 0 Å². The number of ether oxygens (including phenoxy) is 1. The number of β-amino-alcohol motifs (C(OH)–C–C–N with tert-alkyl or cyclic N) is 1. The summed E-state index contributed by atoms with van der Waals surface area (Å²) in [6.07, 6.45) is -4.52. The van der Waals surface area contributed by atoms with E-state index < -0.39 is 17.8 Å². The molecule has 0 bridgehead atoms. The summed E-state index contributed by atoms with van der Waals surface area (Å²) < 4.78 is 45.2. The van der Waals surface area contributed by atoms with E-state index in [2.05, 4.69) is 9.88 Å². The minimum atomic E-state index is -4.42. The average Bonchev–Trinajstić information content (AvgIpc) is 3.18. The van der Waals surface area contributed by atoms with Gasteiger partial charge in [-0.05, 0) is 43.3 Å². The number of aryl methyl sites for hydroxylation is 1. The van der Waals surface area contributed by atoms with E-state index in [1.165, 1.54) is 17.1 Å². The molecule has 3 aromatic rings. The van der Waals surface area contributed by atoms with Crippen molar-refractivity contribution in [1.82, 2.24) is 14.9 Å². The van der Waals surface area contributed by atoms with Gasteiger partial charge in [-0.15, -0.1) is 11.3 Å². The number of carbonyl (C=O) groups excluding carboxylic acids is 1. The van der Waals surface area contributed by atoms with Gasteiger partial charge in [0, 0.05) is 38.8 Å². The first-order valence-electron chi connectivity index (χ1n) is 10.8. The van der Waals surface area contributed by atoms with Crippen molar-refractivity contribution in [3.63, 3.8) is 0 Å². The maximum absolute atomic E-state index is 12.8. The van der Waals surface area contributed by atoms with Gasteiger partial charge >= 0.3 is 6.18 Å². The fraction of sp³-hybridized carbons (Fsp3) is 0.391. The molecular formula is C23H25F3N4O3S. The molecule has 0 aliphatic carbocycles. The van der Waals surface area contributed by atoms with E-state index in [0.717, 1.165) is 27.4 Å². The molecule has 1 amide bonds. The van der Waals surface area contributed by atoms with E-state index in [1.54, 1.807) is 16.3 Å². The molecule has 4 rings (SSSR count). The van der Waals surface area contributed by atoms with E-state index in [4.69, 9.17) is 4.74 Å². The summed E-state index contributed by atoms with van der Waals surface area (Å²) in [5, 5.41) is 14.5. The molecule has 1 aliphatic heterocycles. The molecule has 2 heterocycles. The van der Waals surface area contributed by atoms with Crippen molar-refractivity contribution in [3.8, 4) is 5.75 Å². The molecule has 1 fully saturated rings. The van der Waals surface area contributed by atoms with Crippen LogP contribution in [0.25, 0.3) is 10.2 Å². The molecule has 11 heteroatoms. The van der Waals surface area contributed by atoms with Crippen molar-refractivity contribution >= 4 is 33.7 Å². The van der Waals surface area contributed by atoms with E-state index in [9.17, 15) is 23.1 Å². The van der Waals surface area contributed by atoms with Crippen LogP contribution in [0.2, 0.25) is 0 Å². The highest BCUT2D eigenvalue weighted by Crippen LogP contribution is 2.31. The monoisotopic (exact) mass is 494 g/mol. The first-order valence-corrected chi connectivity index (χ1v) is 11.6. The van der Waals surface area contributed by atoms with Gasteiger partial charge in [-0.25, -0.2) is 15.0 Å². The first-order chi connectivity index (χ1) is 16.2. The number of piperazine rings is 1. The quantitative estimate of drug-likeness (QED) is 0.483. The second-order valence-corrected chi connectivity index (χ2v) is 9.31. The van der Waals surface area contributed by atoms with Gasteiger partial charge in [0.15, 0.2) is 0 Å². The predicted octanol–water partition coefficient (Wildman–Crippen LogP) is 3.56. The van der Waals surface area contributed by atoms with Crippen LogP contribution in [0.3, 0.4) is 0 Å². The van der Waals surface area contributed by atoms with Gasteiger partial charge in [-0.1, -0.05) is 0 Å². The van der Waals surface area contributed by atoms with Crippen LogP contribution in [0, 0.1) is 6.92 Å². The number of thiazole rings is 1. The molecule has 0 spiro atoms. The number of amides is 1. The minimum absolute atomic E-state index is 0.140. The van der Waals surface area contributed by atoms with Gasteiger partial charge in [0.25, 0.3) is 0 Å². The molecule has 0 radical (unpaired) electrons. The summed E-state index contributed by atoms with van der Waals surface area (Å²) in [7, 11) is 0. The first kappa shape index (κ1) is 24.4. The summed E-state index contributed by atoms with van der Waals surface area (Å²) in [6, 6.07) is 10.2. The normalized spacial score (nSPS) is 16.5. The lowest BCUT2D eigenvalue weighted by Gasteiger charge is -2.39. The zero-order valence-electron chi connectivity index (χ0n) is 18.5. The van der Waals surface area contributed by atoms with Crippen LogP contribution in [0.15, 0.2) is 42.5 Å². The largest absolute Gasteiger partial charge is 0.491 e. The molecule has 1 aliphatic rings. The maximum atomic E-state index is 12.8. The highest BCUT2D eigenvalue weighted by molar-refractivity contribution is 7.18. The maximum Gasteiger partial charge on any atom is 0.416 e. The topological polar surface area (TPSA) is 69.1 Å². The van der Waals surface area contributed by atoms with Crippen LogP contribution in [-0.4, -0.2) is 71.8 Å². The zero-order chi connectivity index (χ0) is 24.3. The lowest BCUT2D eigenvalue weighted by atomic mass is 10.2. The highest BCUT2D eigenvalue weighted by atomic mass is 32.1. The molecule has 182 valence electrons. The van der Waals surface area contributed by atoms with Gasteiger partial charge in [-0.2, -0.15) is 13.2 Å². The number of alkyl halides is 3. The Bertz CT molecular complexity index is 1110. The summed E-state index contributed by atoms with van der Waals surface area (Å²) >= 11 is 1.62. The lowest BCUT2D eigenvalue weighted by molar-refractivity contribution is -0.137. The van der Waals surface area contributed by atoms with Crippen LogP contribution >= 0.6 is 11.3 Å². The Labute approximate surface area is 198 Å². The van der Waals surface area contributed by atoms with Crippen molar-refractivity contribution in [2.45, 2.75) is 19.2 Å². The number of rotatable bonds is 8. The standard InChI is InChI=1S/C23H25F3N4O3S/c1-16-27-21-12-20(6-7-22(21)34-16)33-14-19(32)13-28-8-10-29(11-9-28)30(15-31)18-4-2-17(3-5-18)23(24,25)26/h2-7,12,15,19,32H,8-11,13-14H2,1H3/t19-/m1/s1. The molecule has 0 unspecified atom stereocenters. The van der Waals surface area contributed by atoms with Crippen molar-refractivity contribution < 1.29 is 27.8 Å². The van der Waals surface area contributed by atoms with Crippen molar-refractivity contribution in [2.75, 3.05) is 44.3 Å². The predicted molar refractivity (Wildman–Crippen MR) is 124 cm³/mol. The molecule has 1 aromatic heterocycles. The third kappa shape index (κ3) is 5.84. The summed E-state index contributed by atoms with van der Waals surface area (Å²) in [6.45, 7) is 4.67.